The van der Waals surface area contributed by atoms with Gasteiger partial charge in [-0.1, -0.05) is 0 Å². The van der Waals surface area contributed by atoms with Crippen LogP contribution in [0.5, 0.6) is 11.5 Å². The van der Waals surface area contributed by atoms with Crippen molar-refractivity contribution in [1.82, 2.24) is 9.55 Å². The van der Waals surface area contributed by atoms with E-state index in [9.17, 15) is 5.11 Å². The van der Waals surface area contributed by atoms with Crippen LogP contribution in [0.15, 0.2) is 24.4 Å². The molecule has 0 aliphatic carbocycles. The highest BCUT2D eigenvalue weighted by atomic mass is 16.5. The number of rotatable bonds is 5. The Morgan fingerprint density at radius 3 is 2.55 bits per heavy atom. The lowest BCUT2D eigenvalue weighted by Gasteiger charge is -2.13. The fraction of sp³-hybridized carbons (Fsp3) is 0.438. The van der Waals surface area contributed by atoms with E-state index in [1.165, 1.54) is 0 Å². The summed E-state index contributed by atoms with van der Waals surface area (Å²) in [4.78, 5) is 4.52. The number of benzene rings is 1. The molecule has 1 N–H and O–H groups in total. The zero-order valence-electron chi connectivity index (χ0n) is 12.8. The lowest BCUT2D eigenvalue weighted by atomic mass is 10.1. The first-order chi connectivity index (χ1) is 10.7. The third kappa shape index (κ3) is 2.80. The van der Waals surface area contributed by atoms with Crippen LogP contribution in [-0.4, -0.2) is 35.5 Å². The molecule has 0 spiro atoms. The highest BCUT2D eigenvalue weighted by Gasteiger charge is 2.21. The van der Waals surface area contributed by atoms with Gasteiger partial charge in [0, 0.05) is 24.4 Å². The van der Waals surface area contributed by atoms with Crippen molar-refractivity contribution in [2.45, 2.75) is 25.7 Å². The van der Waals surface area contributed by atoms with Gasteiger partial charge in [0.05, 0.1) is 19.9 Å². The molecular weight excluding hydrogens is 284 g/mol. The van der Waals surface area contributed by atoms with Gasteiger partial charge in [-0.15, -0.1) is 0 Å². The number of ether oxygens (including phenoxy) is 3. The van der Waals surface area contributed by atoms with Gasteiger partial charge in [0.2, 0.25) is 0 Å². The molecule has 1 aromatic carbocycles. The van der Waals surface area contributed by atoms with Crippen LogP contribution in [-0.2, 0) is 11.3 Å². The first-order valence-corrected chi connectivity index (χ1v) is 7.29. The fourth-order valence-corrected chi connectivity index (χ4v) is 2.67. The highest BCUT2D eigenvalue weighted by molar-refractivity contribution is 5.63. The number of aromatic nitrogens is 2. The molecule has 2 aromatic rings. The lowest BCUT2D eigenvalue weighted by molar-refractivity contribution is 0.0511. The van der Waals surface area contributed by atoms with Gasteiger partial charge in [-0.3, -0.25) is 0 Å². The smallest absolute Gasteiger partial charge is 0.137 e. The Bertz CT molecular complexity index is 625. The summed E-state index contributed by atoms with van der Waals surface area (Å²) in [5.74, 6) is 2.00. The monoisotopic (exact) mass is 304 g/mol. The number of methoxy groups -OCH3 is 2. The van der Waals surface area contributed by atoms with Crippen molar-refractivity contribution in [2.24, 2.45) is 0 Å². The molecule has 1 aliphatic rings. The molecule has 118 valence electrons. The second-order valence-corrected chi connectivity index (χ2v) is 5.18. The van der Waals surface area contributed by atoms with E-state index < -0.39 is 0 Å². The average Bonchev–Trinajstić information content (AvgIpc) is 3.22. The van der Waals surface area contributed by atoms with E-state index in [1.54, 1.807) is 14.2 Å². The Balaban J connectivity index is 2.01. The molecule has 1 aromatic heterocycles. The number of hydrogen-bond acceptors (Lipinski definition) is 5. The molecule has 1 saturated heterocycles. The largest absolute Gasteiger partial charge is 0.497 e. The Morgan fingerprint density at radius 1 is 1.27 bits per heavy atom. The van der Waals surface area contributed by atoms with Gasteiger partial charge >= 0.3 is 0 Å². The quantitative estimate of drug-likeness (QED) is 0.918. The summed E-state index contributed by atoms with van der Waals surface area (Å²) in [6, 6.07) is 5.60. The summed E-state index contributed by atoms with van der Waals surface area (Å²) in [6.45, 7) is 0.622. The second-order valence-electron chi connectivity index (χ2n) is 5.18. The van der Waals surface area contributed by atoms with Crippen molar-refractivity contribution in [3.05, 3.63) is 30.2 Å². The van der Waals surface area contributed by atoms with E-state index in [0.29, 0.717) is 17.3 Å². The van der Waals surface area contributed by atoms with E-state index in [1.807, 2.05) is 29.0 Å². The summed E-state index contributed by atoms with van der Waals surface area (Å²) in [5, 5.41) is 9.55. The summed E-state index contributed by atoms with van der Waals surface area (Å²) >= 11 is 0. The van der Waals surface area contributed by atoms with Crippen molar-refractivity contribution < 1.29 is 19.3 Å². The number of aliphatic hydroxyl groups excluding tert-OH is 1. The summed E-state index contributed by atoms with van der Waals surface area (Å²) in [6.07, 6.45) is 3.83. The zero-order valence-corrected chi connectivity index (χ0v) is 12.8. The molecule has 1 fully saturated rings. The minimum atomic E-state index is -0.124. The molecule has 1 aliphatic heterocycles. The molecular formula is C16H20N2O4. The second kappa shape index (κ2) is 6.37. The van der Waals surface area contributed by atoms with Crippen molar-refractivity contribution in [1.29, 1.82) is 0 Å². The minimum Gasteiger partial charge on any atom is -0.497 e. The molecule has 1 atom stereocenters. The molecule has 0 unspecified atom stereocenters. The lowest BCUT2D eigenvalue weighted by Crippen LogP contribution is -2.10. The molecule has 0 saturated carbocycles. The molecule has 0 bridgehead atoms. The number of imidazole rings is 1. The van der Waals surface area contributed by atoms with Gasteiger partial charge in [0.25, 0.3) is 0 Å². The van der Waals surface area contributed by atoms with Crippen LogP contribution in [0, 0.1) is 0 Å². The molecule has 3 rings (SSSR count). The van der Waals surface area contributed by atoms with E-state index >= 15 is 0 Å². The number of nitrogens with zero attached hydrogens (tertiary/aromatic N) is 2. The van der Waals surface area contributed by atoms with Crippen LogP contribution in [0.2, 0.25) is 0 Å². The summed E-state index contributed by atoms with van der Waals surface area (Å²) in [7, 11) is 3.23. The van der Waals surface area contributed by atoms with Gasteiger partial charge in [-0.05, 0) is 25.0 Å². The maximum absolute atomic E-state index is 9.55. The fourth-order valence-electron chi connectivity index (χ4n) is 2.67. The van der Waals surface area contributed by atoms with Crippen LogP contribution in [0.4, 0.5) is 0 Å². The molecule has 6 heteroatoms. The van der Waals surface area contributed by atoms with E-state index in [0.717, 1.165) is 30.7 Å². The minimum absolute atomic E-state index is 0.0455. The Kier molecular flexibility index (Phi) is 4.31. The zero-order chi connectivity index (χ0) is 15.5. The van der Waals surface area contributed by atoms with Crippen LogP contribution in [0.3, 0.4) is 0 Å². The summed E-state index contributed by atoms with van der Waals surface area (Å²) < 4.78 is 18.2. The Hall–Kier alpha value is -2.05. The van der Waals surface area contributed by atoms with Crippen molar-refractivity contribution >= 4 is 0 Å². The molecule has 6 nitrogen and oxygen atoms in total. The van der Waals surface area contributed by atoms with Gasteiger partial charge in [-0.2, -0.15) is 0 Å². The number of aliphatic hydroxyl groups is 1. The van der Waals surface area contributed by atoms with Gasteiger partial charge in [-0.25, -0.2) is 4.98 Å². The number of hydrogen-bond donors (Lipinski definition) is 1. The highest BCUT2D eigenvalue weighted by Crippen LogP contribution is 2.32. The molecule has 2 heterocycles. The topological polar surface area (TPSA) is 65.7 Å². The van der Waals surface area contributed by atoms with Crippen LogP contribution < -0.4 is 9.47 Å². The predicted octanol–water partition coefficient (Wildman–Crippen LogP) is 2.37. The first-order valence-electron chi connectivity index (χ1n) is 7.29. The average molecular weight is 304 g/mol. The maximum Gasteiger partial charge on any atom is 0.137 e. The Labute approximate surface area is 129 Å². The summed E-state index contributed by atoms with van der Waals surface area (Å²) in [5.41, 5.74) is 1.64. The molecule has 22 heavy (non-hydrogen) atoms. The molecule has 0 amide bonds. The van der Waals surface area contributed by atoms with Crippen molar-refractivity contribution in [3.8, 4) is 22.8 Å². The van der Waals surface area contributed by atoms with Gasteiger partial charge in [0.1, 0.15) is 30.2 Å². The van der Waals surface area contributed by atoms with Crippen LogP contribution in [0.25, 0.3) is 11.3 Å². The van der Waals surface area contributed by atoms with Crippen LogP contribution >= 0.6 is 0 Å². The first kappa shape index (κ1) is 14.9. The van der Waals surface area contributed by atoms with Crippen molar-refractivity contribution in [3.63, 3.8) is 0 Å². The predicted molar refractivity (Wildman–Crippen MR) is 80.9 cm³/mol. The van der Waals surface area contributed by atoms with Crippen molar-refractivity contribution in [2.75, 3.05) is 20.8 Å². The van der Waals surface area contributed by atoms with E-state index in [4.69, 9.17) is 14.2 Å². The van der Waals surface area contributed by atoms with Gasteiger partial charge < -0.3 is 23.9 Å². The maximum atomic E-state index is 9.55. The Morgan fingerprint density at radius 2 is 2.00 bits per heavy atom. The third-order valence-electron chi connectivity index (χ3n) is 3.81. The molecule has 0 radical (unpaired) electrons. The SMILES string of the molecule is COc1cc(OC)cc(-c2cn([C@H]3CCCO3)c(CO)n2)c1. The van der Waals surface area contributed by atoms with Crippen LogP contribution in [0.1, 0.15) is 24.9 Å². The van der Waals surface area contributed by atoms with E-state index in [2.05, 4.69) is 4.98 Å². The standard InChI is InChI=1S/C16H20N2O4/c1-20-12-6-11(7-13(8-12)21-2)14-9-18(15(10-19)17-14)16-4-3-5-22-16/h6-9,16,19H,3-5,10H2,1-2H3/t16-/m1/s1. The van der Waals surface area contributed by atoms with Gasteiger partial charge in [0.15, 0.2) is 0 Å². The third-order valence-corrected chi connectivity index (χ3v) is 3.81. The normalized spacial score (nSPS) is 17.7. The van der Waals surface area contributed by atoms with E-state index in [-0.39, 0.29) is 12.8 Å².